The van der Waals surface area contributed by atoms with Crippen molar-refractivity contribution in [2.45, 2.75) is 60.0 Å². The van der Waals surface area contributed by atoms with E-state index in [0.717, 1.165) is 43.7 Å². The molecule has 4 nitrogen and oxygen atoms in total. The van der Waals surface area contributed by atoms with Gasteiger partial charge in [-0.2, -0.15) is 10.2 Å². The van der Waals surface area contributed by atoms with Gasteiger partial charge in [0.05, 0.1) is 11.4 Å². The number of rotatable bonds is 6. The van der Waals surface area contributed by atoms with Crippen LogP contribution >= 0.6 is 0 Å². The molecule has 0 aliphatic rings. The maximum atomic E-state index is 4.66. The van der Waals surface area contributed by atoms with Crippen molar-refractivity contribution in [3.63, 3.8) is 0 Å². The molecule has 0 saturated heterocycles. The second-order valence-electron chi connectivity index (χ2n) is 4.81. The van der Waals surface area contributed by atoms with Crippen molar-refractivity contribution < 1.29 is 0 Å². The lowest BCUT2D eigenvalue weighted by Gasteiger charge is -2.09. The molecule has 0 bridgehead atoms. The van der Waals surface area contributed by atoms with Crippen LogP contribution in [0, 0.1) is 0 Å². The summed E-state index contributed by atoms with van der Waals surface area (Å²) in [5, 5.41) is 9.32. The lowest BCUT2D eigenvalue weighted by Crippen LogP contribution is -2.15. The summed E-state index contributed by atoms with van der Waals surface area (Å²) in [6, 6.07) is 4.41. The minimum Gasteiger partial charge on any atom is -0.248 e. The molecule has 2 aromatic heterocycles. The van der Waals surface area contributed by atoms with E-state index in [4.69, 9.17) is 0 Å². The number of hydrogen-bond acceptors (Lipinski definition) is 2. The maximum Gasteiger partial charge on any atom is 0.133 e. The van der Waals surface area contributed by atoms with E-state index >= 15 is 0 Å². The van der Waals surface area contributed by atoms with Crippen LogP contribution in [0.1, 0.15) is 50.5 Å². The first kappa shape index (κ1) is 13.8. The summed E-state index contributed by atoms with van der Waals surface area (Å²) in [6.07, 6.45) is 3.99. The van der Waals surface area contributed by atoms with Gasteiger partial charge in [-0.3, -0.25) is 0 Å². The topological polar surface area (TPSA) is 35.6 Å². The number of nitrogens with zero attached hydrogens (tertiary/aromatic N) is 4. The van der Waals surface area contributed by atoms with Crippen molar-refractivity contribution in [2.75, 3.05) is 0 Å². The van der Waals surface area contributed by atoms with Crippen LogP contribution < -0.4 is 0 Å². The summed E-state index contributed by atoms with van der Waals surface area (Å²) >= 11 is 0. The Bertz CT molecular complexity index is 488. The highest BCUT2D eigenvalue weighted by molar-refractivity contribution is 5.12. The van der Waals surface area contributed by atoms with Gasteiger partial charge in [0.1, 0.15) is 6.67 Å². The van der Waals surface area contributed by atoms with E-state index in [9.17, 15) is 0 Å². The Morgan fingerprint density at radius 1 is 0.737 bits per heavy atom. The molecule has 19 heavy (non-hydrogen) atoms. The van der Waals surface area contributed by atoms with Gasteiger partial charge in [-0.15, -0.1) is 0 Å². The van der Waals surface area contributed by atoms with Gasteiger partial charge in [-0.1, -0.05) is 27.7 Å². The Balaban J connectivity index is 2.29. The standard InChI is InChI=1S/C15H24N4/c1-5-12-9-14(7-3)18(16-12)11-19-15(8-4)10-13(6-2)17-19/h9-10H,5-8,11H2,1-4H3. The van der Waals surface area contributed by atoms with E-state index in [0.29, 0.717) is 0 Å². The van der Waals surface area contributed by atoms with Crippen LogP contribution in [0.2, 0.25) is 0 Å². The summed E-state index contributed by atoms with van der Waals surface area (Å²) in [5.74, 6) is 0. The predicted octanol–water partition coefficient (Wildman–Crippen LogP) is 2.84. The van der Waals surface area contributed by atoms with Gasteiger partial charge >= 0.3 is 0 Å². The highest BCUT2D eigenvalue weighted by atomic mass is 15.4. The highest BCUT2D eigenvalue weighted by Gasteiger charge is 2.09. The molecule has 4 heteroatoms. The normalized spacial score (nSPS) is 11.2. The largest absolute Gasteiger partial charge is 0.248 e. The van der Waals surface area contributed by atoms with Crippen molar-refractivity contribution in [1.82, 2.24) is 19.6 Å². The smallest absolute Gasteiger partial charge is 0.133 e. The predicted molar refractivity (Wildman–Crippen MR) is 77.4 cm³/mol. The summed E-state index contributed by atoms with van der Waals surface area (Å²) in [4.78, 5) is 0. The number of aromatic nitrogens is 4. The molecule has 0 aliphatic carbocycles. The van der Waals surface area contributed by atoms with Crippen LogP contribution in [-0.2, 0) is 32.4 Å². The molecule has 0 atom stereocenters. The molecule has 0 unspecified atom stereocenters. The molecule has 0 radical (unpaired) electrons. The molecule has 2 aromatic rings. The van der Waals surface area contributed by atoms with E-state index < -0.39 is 0 Å². The first-order valence-corrected chi connectivity index (χ1v) is 7.32. The summed E-state index contributed by atoms with van der Waals surface area (Å²) in [5.41, 5.74) is 4.90. The Hall–Kier alpha value is -1.58. The summed E-state index contributed by atoms with van der Waals surface area (Å²) in [6.45, 7) is 9.37. The van der Waals surface area contributed by atoms with Gasteiger partial charge in [0.2, 0.25) is 0 Å². The molecule has 0 aliphatic heterocycles. The second kappa shape index (κ2) is 6.04. The van der Waals surface area contributed by atoms with Gasteiger partial charge in [-0.25, -0.2) is 9.36 Å². The van der Waals surface area contributed by atoms with E-state index in [-0.39, 0.29) is 0 Å². The SMILES string of the molecule is CCc1cc(CC)n(Cn2nc(CC)cc2CC)n1. The maximum absolute atomic E-state index is 4.66. The monoisotopic (exact) mass is 260 g/mol. The third-order valence-corrected chi connectivity index (χ3v) is 3.54. The fourth-order valence-corrected chi connectivity index (χ4v) is 2.32. The zero-order valence-corrected chi connectivity index (χ0v) is 12.5. The molecule has 0 N–H and O–H groups in total. The Morgan fingerprint density at radius 3 is 1.47 bits per heavy atom. The van der Waals surface area contributed by atoms with Gasteiger partial charge in [-0.05, 0) is 37.8 Å². The summed E-state index contributed by atoms with van der Waals surface area (Å²) in [7, 11) is 0. The van der Waals surface area contributed by atoms with E-state index in [2.05, 4.69) is 59.4 Å². The number of aryl methyl sites for hydroxylation is 4. The van der Waals surface area contributed by atoms with Crippen LogP contribution in [0.4, 0.5) is 0 Å². The van der Waals surface area contributed by atoms with Gasteiger partial charge in [0.15, 0.2) is 0 Å². The van der Waals surface area contributed by atoms with E-state index in [1.54, 1.807) is 0 Å². The lowest BCUT2D eigenvalue weighted by molar-refractivity contribution is 0.469. The fraction of sp³-hybridized carbons (Fsp3) is 0.600. The van der Waals surface area contributed by atoms with Crippen LogP contribution in [-0.4, -0.2) is 19.6 Å². The Labute approximate surface area is 115 Å². The van der Waals surface area contributed by atoms with Crippen LogP contribution in [0.25, 0.3) is 0 Å². The minimum atomic E-state index is 0.729. The van der Waals surface area contributed by atoms with Crippen LogP contribution in [0.5, 0.6) is 0 Å². The van der Waals surface area contributed by atoms with Crippen molar-refractivity contribution in [3.05, 3.63) is 34.9 Å². The van der Waals surface area contributed by atoms with E-state index in [1.165, 1.54) is 11.4 Å². The van der Waals surface area contributed by atoms with Gasteiger partial charge in [0, 0.05) is 11.4 Å². The molecule has 2 heterocycles. The van der Waals surface area contributed by atoms with Crippen molar-refractivity contribution in [2.24, 2.45) is 0 Å². The lowest BCUT2D eigenvalue weighted by atomic mass is 10.2. The van der Waals surface area contributed by atoms with Crippen molar-refractivity contribution in [3.8, 4) is 0 Å². The van der Waals surface area contributed by atoms with Crippen molar-refractivity contribution >= 4 is 0 Å². The second-order valence-corrected chi connectivity index (χ2v) is 4.81. The Morgan fingerprint density at radius 2 is 1.16 bits per heavy atom. The molecule has 2 rings (SSSR count). The molecule has 0 aromatic carbocycles. The quantitative estimate of drug-likeness (QED) is 0.800. The van der Waals surface area contributed by atoms with Crippen LogP contribution in [0.15, 0.2) is 12.1 Å². The number of hydrogen-bond donors (Lipinski definition) is 0. The molecule has 0 amide bonds. The third-order valence-electron chi connectivity index (χ3n) is 3.54. The molecule has 0 spiro atoms. The average Bonchev–Trinajstić information content (AvgIpc) is 3.02. The third kappa shape index (κ3) is 2.88. The zero-order chi connectivity index (χ0) is 13.8. The van der Waals surface area contributed by atoms with Crippen LogP contribution in [0.3, 0.4) is 0 Å². The molecular formula is C15H24N4. The molecule has 104 valence electrons. The zero-order valence-electron chi connectivity index (χ0n) is 12.5. The minimum absolute atomic E-state index is 0.729. The van der Waals surface area contributed by atoms with Crippen molar-refractivity contribution in [1.29, 1.82) is 0 Å². The molecular weight excluding hydrogens is 236 g/mol. The van der Waals surface area contributed by atoms with E-state index in [1.807, 2.05) is 0 Å². The highest BCUT2D eigenvalue weighted by Crippen LogP contribution is 2.10. The van der Waals surface area contributed by atoms with Gasteiger partial charge < -0.3 is 0 Å². The van der Waals surface area contributed by atoms with Gasteiger partial charge in [0.25, 0.3) is 0 Å². The Kier molecular flexibility index (Phi) is 4.40. The fourth-order valence-electron chi connectivity index (χ4n) is 2.32. The first-order valence-electron chi connectivity index (χ1n) is 7.32. The summed E-state index contributed by atoms with van der Waals surface area (Å²) < 4.78 is 4.18. The first-order chi connectivity index (χ1) is 9.21. The molecule has 0 saturated carbocycles. The molecule has 0 fully saturated rings. The average molecular weight is 260 g/mol.